The molecular formula is C12H11NO3. The lowest BCUT2D eigenvalue weighted by molar-refractivity contribution is -0.147. The third-order valence-electron chi connectivity index (χ3n) is 2.46. The maximum Gasteiger partial charge on any atom is 0.356 e. The Balaban J connectivity index is 2.19. The first-order valence-electron chi connectivity index (χ1n) is 5.06. The van der Waals surface area contributed by atoms with E-state index in [4.69, 9.17) is 14.7 Å². The Morgan fingerprint density at radius 2 is 2.25 bits per heavy atom. The van der Waals surface area contributed by atoms with Crippen molar-refractivity contribution < 1.29 is 14.3 Å². The molecule has 0 amide bonds. The third kappa shape index (κ3) is 1.55. The number of epoxide rings is 1. The highest BCUT2D eigenvalue weighted by Crippen LogP contribution is 2.49. The van der Waals surface area contributed by atoms with Gasteiger partial charge in [-0.1, -0.05) is 30.3 Å². The van der Waals surface area contributed by atoms with Crippen molar-refractivity contribution in [2.75, 3.05) is 6.61 Å². The average Bonchev–Trinajstić information content (AvgIpc) is 3.06. The number of ether oxygens (including phenoxy) is 2. The van der Waals surface area contributed by atoms with E-state index in [1.807, 2.05) is 36.4 Å². The fourth-order valence-electron chi connectivity index (χ4n) is 1.61. The molecule has 16 heavy (non-hydrogen) atoms. The van der Waals surface area contributed by atoms with E-state index in [1.54, 1.807) is 6.92 Å². The fraction of sp³-hybridized carbons (Fsp3) is 0.333. The molecule has 1 aromatic rings. The second-order valence-corrected chi connectivity index (χ2v) is 3.48. The molecule has 0 aliphatic carbocycles. The summed E-state index contributed by atoms with van der Waals surface area (Å²) in [4.78, 5) is 11.6. The molecule has 1 aromatic carbocycles. The molecule has 1 aliphatic rings. The fourth-order valence-corrected chi connectivity index (χ4v) is 1.61. The number of nitrogens with zero attached hydrogens (tertiary/aromatic N) is 1. The van der Waals surface area contributed by atoms with Gasteiger partial charge in [-0.05, 0) is 12.5 Å². The minimum atomic E-state index is -1.43. The smallest absolute Gasteiger partial charge is 0.356 e. The molecule has 0 bridgehead atoms. The van der Waals surface area contributed by atoms with Gasteiger partial charge < -0.3 is 9.47 Å². The van der Waals surface area contributed by atoms with Gasteiger partial charge in [0.05, 0.1) is 6.61 Å². The zero-order chi connectivity index (χ0) is 11.6. The number of carbonyl (C=O) groups excluding carboxylic acids is 1. The standard InChI is InChI=1S/C12H11NO3/c1-2-15-11(14)12(8-13)10(16-12)9-6-4-3-5-7-9/h3-7,10H,2H2,1H3. The van der Waals surface area contributed by atoms with Crippen LogP contribution >= 0.6 is 0 Å². The molecule has 82 valence electrons. The Morgan fingerprint density at radius 1 is 1.56 bits per heavy atom. The molecule has 2 atom stereocenters. The molecule has 0 spiro atoms. The summed E-state index contributed by atoms with van der Waals surface area (Å²) < 4.78 is 10.0. The normalized spacial score (nSPS) is 26.9. The van der Waals surface area contributed by atoms with Crippen molar-refractivity contribution in [2.45, 2.75) is 18.6 Å². The number of esters is 1. The van der Waals surface area contributed by atoms with Gasteiger partial charge in [0.15, 0.2) is 0 Å². The lowest BCUT2D eigenvalue weighted by Crippen LogP contribution is -2.26. The summed E-state index contributed by atoms with van der Waals surface area (Å²) in [5, 5.41) is 9.01. The first kappa shape index (κ1) is 10.7. The molecule has 1 saturated heterocycles. The second kappa shape index (κ2) is 3.95. The second-order valence-electron chi connectivity index (χ2n) is 3.48. The summed E-state index contributed by atoms with van der Waals surface area (Å²) in [5.74, 6) is -0.605. The Kier molecular flexibility index (Phi) is 2.63. The quantitative estimate of drug-likeness (QED) is 0.569. The zero-order valence-corrected chi connectivity index (χ0v) is 8.84. The van der Waals surface area contributed by atoms with Gasteiger partial charge in [-0.15, -0.1) is 0 Å². The molecule has 1 aliphatic heterocycles. The molecular weight excluding hydrogens is 206 g/mol. The van der Waals surface area contributed by atoms with E-state index in [9.17, 15) is 4.79 Å². The van der Waals surface area contributed by atoms with Gasteiger partial charge in [-0.2, -0.15) is 5.26 Å². The number of hydrogen-bond donors (Lipinski definition) is 0. The molecule has 1 fully saturated rings. The lowest BCUT2D eigenvalue weighted by Gasteiger charge is -2.03. The topological polar surface area (TPSA) is 62.6 Å². The van der Waals surface area contributed by atoms with Crippen molar-refractivity contribution in [3.63, 3.8) is 0 Å². The first-order valence-corrected chi connectivity index (χ1v) is 5.06. The van der Waals surface area contributed by atoms with E-state index < -0.39 is 17.7 Å². The van der Waals surface area contributed by atoms with Crippen LogP contribution in [0, 0.1) is 11.3 Å². The average molecular weight is 217 g/mol. The molecule has 1 heterocycles. The molecule has 0 saturated carbocycles. The summed E-state index contributed by atoms with van der Waals surface area (Å²) in [5.41, 5.74) is -0.616. The van der Waals surface area contributed by atoms with Gasteiger partial charge in [-0.3, -0.25) is 0 Å². The Labute approximate surface area is 93.4 Å². The van der Waals surface area contributed by atoms with Crippen LogP contribution < -0.4 is 0 Å². The molecule has 0 aromatic heterocycles. The summed E-state index contributed by atoms with van der Waals surface area (Å²) >= 11 is 0. The first-order chi connectivity index (χ1) is 7.74. The van der Waals surface area contributed by atoms with Crippen LogP contribution in [0.1, 0.15) is 18.6 Å². The van der Waals surface area contributed by atoms with Crippen molar-refractivity contribution in [3.8, 4) is 6.07 Å². The maximum atomic E-state index is 11.6. The van der Waals surface area contributed by atoms with E-state index in [0.717, 1.165) is 5.56 Å². The molecule has 0 radical (unpaired) electrons. The van der Waals surface area contributed by atoms with E-state index in [-0.39, 0.29) is 6.61 Å². The van der Waals surface area contributed by atoms with Gasteiger partial charge in [0.25, 0.3) is 5.60 Å². The Hall–Kier alpha value is -1.86. The van der Waals surface area contributed by atoms with Crippen LogP contribution in [0.5, 0.6) is 0 Å². The van der Waals surface area contributed by atoms with E-state index in [2.05, 4.69) is 0 Å². The number of rotatable bonds is 3. The highest BCUT2D eigenvalue weighted by Gasteiger charge is 2.66. The maximum absolute atomic E-state index is 11.6. The number of nitriles is 1. The minimum Gasteiger partial charge on any atom is -0.463 e. The van der Waals surface area contributed by atoms with Crippen LogP contribution in [-0.2, 0) is 14.3 Å². The summed E-state index contributed by atoms with van der Waals surface area (Å²) in [6.45, 7) is 1.94. The van der Waals surface area contributed by atoms with Crippen molar-refractivity contribution in [3.05, 3.63) is 35.9 Å². The van der Waals surface area contributed by atoms with Gasteiger partial charge >= 0.3 is 5.97 Å². The van der Waals surface area contributed by atoms with Crippen molar-refractivity contribution >= 4 is 5.97 Å². The predicted molar refractivity (Wildman–Crippen MR) is 55.2 cm³/mol. The third-order valence-corrected chi connectivity index (χ3v) is 2.46. The van der Waals surface area contributed by atoms with Crippen LogP contribution in [0.3, 0.4) is 0 Å². The van der Waals surface area contributed by atoms with Crippen molar-refractivity contribution in [2.24, 2.45) is 0 Å². The molecule has 4 heteroatoms. The van der Waals surface area contributed by atoms with Gasteiger partial charge in [-0.25, -0.2) is 4.79 Å². The monoisotopic (exact) mass is 217 g/mol. The summed E-state index contributed by atoms with van der Waals surface area (Å²) in [6, 6.07) is 11.1. The van der Waals surface area contributed by atoms with Gasteiger partial charge in [0.1, 0.15) is 12.2 Å². The Morgan fingerprint density at radius 3 is 2.81 bits per heavy atom. The van der Waals surface area contributed by atoms with Crippen LogP contribution in [0.2, 0.25) is 0 Å². The SMILES string of the molecule is CCOC(=O)C1(C#N)OC1c1ccccc1. The van der Waals surface area contributed by atoms with E-state index in [1.165, 1.54) is 0 Å². The van der Waals surface area contributed by atoms with Crippen LogP contribution in [-0.4, -0.2) is 18.2 Å². The van der Waals surface area contributed by atoms with Gasteiger partial charge in [0.2, 0.25) is 0 Å². The Bertz CT molecular complexity index is 437. The van der Waals surface area contributed by atoms with Crippen molar-refractivity contribution in [1.29, 1.82) is 5.26 Å². The van der Waals surface area contributed by atoms with Gasteiger partial charge in [0, 0.05) is 0 Å². The molecule has 0 N–H and O–H groups in total. The summed E-state index contributed by atoms with van der Waals surface area (Å²) in [6.07, 6.45) is -0.502. The van der Waals surface area contributed by atoms with Crippen LogP contribution in [0.4, 0.5) is 0 Å². The lowest BCUT2D eigenvalue weighted by atomic mass is 10.0. The largest absolute Gasteiger partial charge is 0.463 e. The number of carbonyl (C=O) groups is 1. The molecule has 2 unspecified atom stereocenters. The summed E-state index contributed by atoms with van der Waals surface area (Å²) in [7, 11) is 0. The van der Waals surface area contributed by atoms with Crippen LogP contribution in [0.25, 0.3) is 0 Å². The zero-order valence-electron chi connectivity index (χ0n) is 8.84. The number of hydrogen-bond acceptors (Lipinski definition) is 4. The highest BCUT2D eigenvalue weighted by atomic mass is 16.7. The highest BCUT2D eigenvalue weighted by molar-refractivity contribution is 5.87. The minimum absolute atomic E-state index is 0.243. The predicted octanol–water partition coefficient (Wildman–Crippen LogP) is 1.58. The van der Waals surface area contributed by atoms with E-state index >= 15 is 0 Å². The number of benzene rings is 1. The van der Waals surface area contributed by atoms with E-state index in [0.29, 0.717) is 0 Å². The molecule has 2 rings (SSSR count). The van der Waals surface area contributed by atoms with Crippen LogP contribution in [0.15, 0.2) is 30.3 Å². The molecule has 4 nitrogen and oxygen atoms in total. The van der Waals surface area contributed by atoms with Crippen molar-refractivity contribution in [1.82, 2.24) is 0 Å².